The van der Waals surface area contributed by atoms with Gasteiger partial charge in [-0.3, -0.25) is 19.6 Å². The fourth-order valence-electron chi connectivity index (χ4n) is 2.97. The molecule has 0 unspecified atom stereocenters. The van der Waals surface area contributed by atoms with Gasteiger partial charge in [-0.15, -0.1) is 0 Å². The van der Waals surface area contributed by atoms with Gasteiger partial charge in [-0.05, 0) is 48.4 Å². The zero-order valence-electron chi connectivity index (χ0n) is 17.4. The van der Waals surface area contributed by atoms with Crippen LogP contribution in [0.3, 0.4) is 0 Å². The number of carbonyl (C=O) groups excluding carboxylic acids is 1. The topological polar surface area (TPSA) is 128 Å². The standard InChI is InChI=1S/C22H20FN3O6S/c1-32-21-10-9-18(26(28)29)14-20(21)25-33(30,31)19-4-2-3-16(13-19)22(27)24-12-11-15-5-7-17(23)8-6-15/h2-10,13-14,25H,11-12H2,1H3,(H,24,27). The van der Waals surface area contributed by atoms with Gasteiger partial charge in [-0.25, -0.2) is 12.8 Å². The van der Waals surface area contributed by atoms with E-state index in [2.05, 4.69) is 10.0 Å². The Labute approximate surface area is 189 Å². The molecule has 1 amide bonds. The van der Waals surface area contributed by atoms with Crippen molar-refractivity contribution in [3.05, 3.63) is 93.8 Å². The third-order valence-electron chi connectivity index (χ3n) is 4.66. The highest BCUT2D eigenvalue weighted by atomic mass is 32.2. The van der Waals surface area contributed by atoms with Gasteiger partial charge in [0.1, 0.15) is 11.6 Å². The van der Waals surface area contributed by atoms with Crippen LogP contribution >= 0.6 is 0 Å². The van der Waals surface area contributed by atoms with E-state index in [0.717, 1.165) is 11.6 Å². The van der Waals surface area contributed by atoms with Crippen LogP contribution in [0.2, 0.25) is 0 Å². The van der Waals surface area contributed by atoms with Gasteiger partial charge in [0, 0.05) is 24.2 Å². The molecule has 9 nitrogen and oxygen atoms in total. The predicted octanol–water partition coefficient (Wildman–Crippen LogP) is 3.52. The smallest absolute Gasteiger partial charge is 0.271 e. The summed E-state index contributed by atoms with van der Waals surface area (Å²) in [5, 5.41) is 13.7. The third kappa shape index (κ3) is 6.04. The zero-order chi connectivity index (χ0) is 24.0. The fraction of sp³-hybridized carbons (Fsp3) is 0.136. The maximum atomic E-state index is 13.0. The van der Waals surface area contributed by atoms with E-state index in [1.807, 2.05) is 0 Å². The van der Waals surface area contributed by atoms with Crippen LogP contribution in [0.4, 0.5) is 15.8 Å². The number of nitro benzene ring substituents is 1. The number of ether oxygens (including phenoxy) is 1. The number of carbonyl (C=O) groups is 1. The number of amides is 1. The van der Waals surface area contributed by atoms with Gasteiger partial charge in [0.25, 0.3) is 21.6 Å². The van der Waals surface area contributed by atoms with Gasteiger partial charge in [0.2, 0.25) is 0 Å². The number of anilines is 1. The van der Waals surface area contributed by atoms with Crippen LogP contribution in [-0.2, 0) is 16.4 Å². The lowest BCUT2D eigenvalue weighted by Crippen LogP contribution is -2.26. The molecule has 0 aliphatic carbocycles. The number of hydrogen-bond acceptors (Lipinski definition) is 6. The zero-order valence-corrected chi connectivity index (χ0v) is 18.3. The van der Waals surface area contributed by atoms with E-state index in [9.17, 15) is 27.7 Å². The minimum absolute atomic E-state index is 0.0962. The van der Waals surface area contributed by atoms with E-state index in [1.165, 1.54) is 55.6 Å². The van der Waals surface area contributed by atoms with Crippen molar-refractivity contribution >= 4 is 27.3 Å². The highest BCUT2D eigenvalue weighted by molar-refractivity contribution is 7.92. The van der Waals surface area contributed by atoms with Crippen LogP contribution in [0.15, 0.2) is 71.6 Å². The first-order valence-electron chi connectivity index (χ1n) is 9.67. The van der Waals surface area contributed by atoms with Crippen molar-refractivity contribution in [3.63, 3.8) is 0 Å². The average Bonchev–Trinajstić information content (AvgIpc) is 2.80. The maximum Gasteiger partial charge on any atom is 0.271 e. The molecule has 0 atom stereocenters. The number of hydrogen-bond donors (Lipinski definition) is 2. The third-order valence-corrected chi connectivity index (χ3v) is 6.02. The Kier molecular flexibility index (Phi) is 7.23. The first kappa shape index (κ1) is 23.7. The molecule has 0 aromatic heterocycles. The van der Waals surface area contributed by atoms with Crippen LogP contribution in [0.5, 0.6) is 5.75 Å². The minimum Gasteiger partial charge on any atom is -0.495 e. The summed E-state index contributed by atoms with van der Waals surface area (Å²) in [7, 11) is -2.88. The number of non-ortho nitro benzene ring substituents is 1. The normalized spacial score (nSPS) is 11.0. The average molecular weight is 473 g/mol. The molecule has 0 aliphatic heterocycles. The van der Waals surface area contributed by atoms with E-state index >= 15 is 0 Å². The van der Waals surface area contributed by atoms with Crippen LogP contribution in [0.25, 0.3) is 0 Å². The summed E-state index contributed by atoms with van der Waals surface area (Å²) in [4.78, 5) is 22.6. The summed E-state index contributed by atoms with van der Waals surface area (Å²) < 4.78 is 46.0. The molecule has 3 rings (SSSR count). The summed E-state index contributed by atoms with van der Waals surface area (Å²) >= 11 is 0. The van der Waals surface area contributed by atoms with Crippen LogP contribution in [0.1, 0.15) is 15.9 Å². The number of methoxy groups -OCH3 is 1. The lowest BCUT2D eigenvalue weighted by molar-refractivity contribution is -0.384. The molecule has 3 aromatic rings. The Morgan fingerprint density at radius 3 is 2.48 bits per heavy atom. The Morgan fingerprint density at radius 1 is 1.09 bits per heavy atom. The summed E-state index contributed by atoms with van der Waals surface area (Å²) in [5.74, 6) is -0.738. The van der Waals surface area contributed by atoms with Gasteiger partial charge in [0.15, 0.2) is 0 Å². The first-order chi connectivity index (χ1) is 15.7. The highest BCUT2D eigenvalue weighted by Crippen LogP contribution is 2.31. The molecule has 0 fully saturated rings. The van der Waals surface area contributed by atoms with Crippen molar-refractivity contribution < 1.29 is 27.3 Å². The van der Waals surface area contributed by atoms with Gasteiger partial charge >= 0.3 is 0 Å². The Hall–Kier alpha value is -3.99. The molecule has 2 N–H and O–H groups in total. The molecule has 0 spiro atoms. The molecule has 172 valence electrons. The molecule has 0 saturated heterocycles. The second kappa shape index (κ2) is 10.1. The van der Waals surface area contributed by atoms with E-state index in [1.54, 1.807) is 12.1 Å². The number of halogens is 1. The summed E-state index contributed by atoms with van der Waals surface area (Å²) in [6.45, 7) is 0.268. The van der Waals surface area contributed by atoms with Crippen LogP contribution in [0, 0.1) is 15.9 Å². The molecule has 0 aliphatic rings. The van der Waals surface area contributed by atoms with Crippen molar-refractivity contribution in [1.82, 2.24) is 5.32 Å². The Bertz CT molecular complexity index is 1280. The maximum absolute atomic E-state index is 13.0. The minimum atomic E-state index is -4.18. The first-order valence-corrected chi connectivity index (χ1v) is 11.2. The lowest BCUT2D eigenvalue weighted by Gasteiger charge is -2.12. The van der Waals surface area contributed by atoms with Crippen molar-refractivity contribution in [1.29, 1.82) is 0 Å². The van der Waals surface area contributed by atoms with Gasteiger partial charge < -0.3 is 10.1 Å². The van der Waals surface area contributed by atoms with E-state index in [-0.39, 0.29) is 39.9 Å². The van der Waals surface area contributed by atoms with E-state index in [0.29, 0.717) is 6.42 Å². The number of benzene rings is 3. The molecular weight excluding hydrogens is 453 g/mol. The molecule has 0 bridgehead atoms. The van der Waals surface area contributed by atoms with Crippen molar-refractivity contribution in [2.45, 2.75) is 11.3 Å². The molecule has 3 aromatic carbocycles. The Balaban J connectivity index is 1.73. The molecule has 0 heterocycles. The molecule has 0 saturated carbocycles. The largest absolute Gasteiger partial charge is 0.495 e. The Morgan fingerprint density at radius 2 is 1.82 bits per heavy atom. The summed E-state index contributed by atoms with van der Waals surface area (Å²) in [6, 6.07) is 14.8. The van der Waals surface area contributed by atoms with E-state index in [4.69, 9.17) is 4.74 Å². The van der Waals surface area contributed by atoms with Gasteiger partial charge in [-0.1, -0.05) is 18.2 Å². The van der Waals surface area contributed by atoms with Crippen LogP contribution in [-0.4, -0.2) is 32.9 Å². The van der Waals surface area contributed by atoms with Gasteiger partial charge in [0.05, 0.1) is 22.6 Å². The number of nitrogens with one attached hydrogen (secondary N) is 2. The van der Waals surface area contributed by atoms with Crippen molar-refractivity contribution in [3.8, 4) is 5.75 Å². The van der Waals surface area contributed by atoms with Crippen molar-refractivity contribution in [2.75, 3.05) is 18.4 Å². The molecule has 0 radical (unpaired) electrons. The summed E-state index contributed by atoms with van der Waals surface area (Å²) in [5.41, 5.74) is 0.523. The summed E-state index contributed by atoms with van der Waals surface area (Å²) in [6.07, 6.45) is 0.470. The molecule has 11 heteroatoms. The quantitative estimate of drug-likeness (QED) is 0.362. The number of rotatable bonds is 9. The second-order valence-electron chi connectivity index (χ2n) is 6.91. The second-order valence-corrected chi connectivity index (χ2v) is 8.59. The monoisotopic (exact) mass is 473 g/mol. The van der Waals surface area contributed by atoms with Crippen LogP contribution < -0.4 is 14.8 Å². The molecule has 33 heavy (non-hydrogen) atoms. The van der Waals surface area contributed by atoms with Gasteiger partial charge in [-0.2, -0.15) is 0 Å². The van der Waals surface area contributed by atoms with E-state index < -0.39 is 20.9 Å². The lowest BCUT2D eigenvalue weighted by atomic mass is 10.1. The highest BCUT2D eigenvalue weighted by Gasteiger charge is 2.20. The predicted molar refractivity (Wildman–Crippen MR) is 119 cm³/mol. The molecular formula is C22H20FN3O6S. The number of nitrogens with zero attached hydrogens (tertiary/aromatic N) is 1. The fourth-order valence-corrected chi connectivity index (χ4v) is 4.08. The van der Waals surface area contributed by atoms with Crippen molar-refractivity contribution in [2.24, 2.45) is 0 Å². The number of nitro groups is 1. The SMILES string of the molecule is COc1ccc([N+](=O)[O-])cc1NS(=O)(=O)c1cccc(C(=O)NCCc2ccc(F)cc2)c1. The number of sulfonamides is 1.